The molecule has 1 aromatic heterocycles. The first kappa shape index (κ1) is 23.1. The molecule has 6 nitrogen and oxygen atoms in total. The van der Waals surface area contributed by atoms with Gasteiger partial charge in [0, 0.05) is 29.7 Å². The molecule has 1 N–H and O–H groups in total. The lowest BCUT2D eigenvalue weighted by atomic mass is 10.1. The highest BCUT2D eigenvalue weighted by Crippen LogP contribution is 2.31. The molecule has 1 amide bonds. The van der Waals surface area contributed by atoms with Crippen LogP contribution in [0.25, 0.3) is 0 Å². The zero-order valence-corrected chi connectivity index (χ0v) is 17.2. The number of anilines is 1. The molecule has 168 valence electrons. The van der Waals surface area contributed by atoms with Crippen molar-refractivity contribution >= 4 is 11.6 Å². The molecule has 0 saturated heterocycles. The molecule has 3 rings (SSSR count). The number of methoxy groups -OCH3 is 1. The van der Waals surface area contributed by atoms with Gasteiger partial charge in [0.1, 0.15) is 13.2 Å². The molecule has 32 heavy (non-hydrogen) atoms. The molecule has 2 aromatic carbocycles. The van der Waals surface area contributed by atoms with Crippen LogP contribution in [-0.4, -0.2) is 30.8 Å². The standard InChI is InChI=1S/C23H21F3N2O4/c1-30-20-7-6-19(12-21(20)32-14-17-8-10-27-11-9-17)28-22(29)18-4-2-16(3-5-18)13-31-15-23(24,25)26/h2-12H,13-15H2,1H3,(H,28,29). The van der Waals surface area contributed by atoms with Gasteiger partial charge in [0.15, 0.2) is 11.5 Å². The van der Waals surface area contributed by atoms with Gasteiger partial charge >= 0.3 is 6.18 Å². The Kier molecular flexibility index (Phi) is 7.67. The van der Waals surface area contributed by atoms with Gasteiger partial charge in [-0.05, 0) is 47.5 Å². The molecular weight excluding hydrogens is 425 g/mol. The van der Waals surface area contributed by atoms with Gasteiger partial charge in [0.05, 0.1) is 13.7 Å². The van der Waals surface area contributed by atoms with Crippen molar-refractivity contribution in [3.63, 3.8) is 0 Å². The van der Waals surface area contributed by atoms with Crippen molar-refractivity contribution in [3.05, 3.63) is 83.7 Å². The molecule has 0 bridgehead atoms. The lowest BCUT2D eigenvalue weighted by Crippen LogP contribution is -2.16. The van der Waals surface area contributed by atoms with E-state index in [4.69, 9.17) is 9.47 Å². The summed E-state index contributed by atoms with van der Waals surface area (Å²) in [5.74, 6) is 0.595. The molecule has 0 aliphatic carbocycles. The third-order valence-electron chi connectivity index (χ3n) is 4.32. The van der Waals surface area contributed by atoms with Crippen molar-refractivity contribution in [2.75, 3.05) is 19.0 Å². The smallest absolute Gasteiger partial charge is 0.411 e. The summed E-state index contributed by atoms with van der Waals surface area (Å²) in [6, 6.07) is 14.8. The van der Waals surface area contributed by atoms with E-state index in [-0.39, 0.29) is 12.5 Å². The number of hydrogen-bond donors (Lipinski definition) is 1. The van der Waals surface area contributed by atoms with Crippen LogP contribution in [0.4, 0.5) is 18.9 Å². The summed E-state index contributed by atoms with van der Waals surface area (Å²) < 4.78 is 52.2. The molecular formula is C23H21F3N2O4. The van der Waals surface area contributed by atoms with Crippen molar-refractivity contribution < 1.29 is 32.2 Å². The molecule has 0 unspecified atom stereocenters. The summed E-state index contributed by atoms with van der Waals surface area (Å²) in [6.45, 7) is -1.22. The van der Waals surface area contributed by atoms with Gasteiger partial charge < -0.3 is 19.5 Å². The molecule has 0 aliphatic rings. The van der Waals surface area contributed by atoms with Crippen LogP contribution in [0, 0.1) is 0 Å². The van der Waals surface area contributed by atoms with Crippen LogP contribution >= 0.6 is 0 Å². The Morgan fingerprint density at radius 1 is 0.938 bits per heavy atom. The van der Waals surface area contributed by atoms with Crippen LogP contribution in [0.2, 0.25) is 0 Å². The first-order valence-electron chi connectivity index (χ1n) is 9.58. The molecule has 0 saturated carbocycles. The number of hydrogen-bond acceptors (Lipinski definition) is 5. The fourth-order valence-corrected chi connectivity index (χ4v) is 2.75. The zero-order chi connectivity index (χ0) is 23.0. The fraction of sp³-hybridized carbons (Fsp3) is 0.217. The van der Waals surface area contributed by atoms with Crippen molar-refractivity contribution in [3.8, 4) is 11.5 Å². The number of alkyl halides is 3. The molecule has 0 fully saturated rings. The van der Waals surface area contributed by atoms with E-state index in [1.165, 1.54) is 19.2 Å². The van der Waals surface area contributed by atoms with Crippen molar-refractivity contribution in [1.82, 2.24) is 4.98 Å². The number of benzene rings is 2. The van der Waals surface area contributed by atoms with Gasteiger partial charge in [-0.3, -0.25) is 9.78 Å². The van der Waals surface area contributed by atoms with Gasteiger partial charge in [-0.15, -0.1) is 0 Å². The van der Waals surface area contributed by atoms with E-state index in [0.29, 0.717) is 34.9 Å². The molecule has 0 atom stereocenters. The third kappa shape index (κ3) is 6.98. The van der Waals surface area contributed by atoms with E-state index < -0.39 is 12.8 Å². The average Bonchev–Trinajstić information content (AvgIpc) is 2.78. The molecule has 0 aliphatic heterocycles. The predicted octanol–water partition coefficient (Wildman–Crippen LogP) is 5.00. The minimum Gasteiger partial charge on any atom is -0.493 e. The lowest BCUT2D eigenvalue weighted by Gasteiger charge is -2.13. The minimum absolute atomic E-state index is 0.196. The van der Waals surface area contributed by atoms with E-state index in [9.17, 15) is 18.0 Å². The van der Waals surface area contributed by atoms with Gasteiger partial charge in [0.25, 0.3) is 5.91 Å². The first-order chi connectivity index (χ1) is 15.3. The maximum atomic E-state index is 12.5. The van der Waals surface area contributed by atoms with Gasteiger partial charge in [-0.25, -0.2) is 0 Å². The highest BCUT2D eigenvalue weighted by molar-refractivity contribution is 6.04. The predicted molar refractivity (Wildman–Crippen MR) is 112 cm³/mol. The highest BCUT2D eigenvalue weighted by atomic mass is 19.4. The second-order valence-corrected chi connectivity index (χ2v) is 6.77. The Bertz CT molecular complexity index is 1030. The second kappa shape index (κ2) is 10.6. The van der Waals surface area contributed by atoms with Gasteiger partial charge in [-0.2, -0.15) is 13.2 Å². The normalized spacial score (nSPS) is 11.1. The molecule has 3 aromatic rings. The van der Waals surface area contributed by atoms with Crippen LogP contribution in [0.5, 0.6) is 11.5 Å². The number of carbonyl (C=O) groups excluding carboxylic acids is 1. The Labute approximate surface area is 183 Å². The minimum atomic E-state index is -4.38. The summed E-state index contributed by atoms with van der Waals surface area (Å²) in [6.07, 6.45) is -1.04. The highest BCUT2D eigenvalue weighted by Gasteiger charge is 2.27. The Morgan fingerprint density at radius 3 is 2.28 bits per heavy atom. The topological polar surface area (TPSA) is 69.7 Å². The molecule has 0 radical (unpaired) electrons. The number of nitrogens with one attached hydrogen (secondary N) is 1. The number of amides is 1. The maximum Gasteiger partial charge on any atom is 0.411 e. The Hall–Kier alpha value is -3.59. The zero-order valence-electron chi connectivity index (χ0n) is 17.2. The van der Waals surface area contributed by atoms with Crippen molar-refractivity contribution in [2.24, 2.45) is 0 Å². The summed E-state index contributed by atoms with van der Waals surface area (Å²) in [4.78, 5) is 16.5. The SMILES string of the molecule is COc1ccc(NC(=O)c2ccc(COCC(F)(F)F)cc2)cc1OCc1ccncc1. The van der Waals surface area contributed by atoms with E-state index >= 15 is 0 Å². The van der Waals surface area contributed by atoms with Gasteiger partial charge in [-0.1, -0.05) is 12.1 Å². The van der Waals surface area contributed by atoms with Crippen LogP contribution in [-0.2, 0) is 18.0 Å². The number of halogens is 3. The van der Waals surface area contributed by atoms with Crippen LogP contribution in [0.3, 0.4) is 0 Å². The second-order valence-electron chi connectivity index (χ2n) is 6.77. The quantitative estimate of drug-likeness (QED) is 0.501. The number of pyridine rings is 1. The summed E-state index contributed by atoms with van der Waals surface area (Å²) >= 11 is 0. The first-order valence-corrected chi connectivity index (χ1v) is 9.58. The largest absolute Gasteiger partial charge is 0.493 e. The lowest BCUT2D eigenvalue weighted by molar-refractivity contribution is -0.176. The molecule has 1 heterocycles. The third-order valence-corrected chi connectivity index (χ3v) is 4.32. The van der Waals surface area contributed by atoms with Crippen molar-refractivity contribution in [1.29, 1.82) is 0 Å². The molecule has 0 spiro atoms. The number of rotatable bonds is 9. The Morgan fingerprint density at radius 2 is 1.62 bits per heavy atom. The van der Waals surface area contributed by atoms with Crippen LogP contribution in [0.1, 0.15) is 21.5 Å². The summed E-state index contributed by atoms with van der Waals surface area (Å²) in [7, 11) is 1.52. The average molecular weight is 446 g/mol. The van der Waals surface area contributed by atoms with E-state index in [1.807, 2.05) is 12.1 Å². The number of nitrogens with zero attached hydrogens (tertiary/aromatic N) is 1. The fourth-order valence-electron chi connectivity index (χ4n) is 2.75. The maximum absolute atomic E-state index is 12.5. The van der Waals surface area contributed by atoms with Crippen LogP contribution in [0.15, 0.2) is 67.0 Å². The molecule has 9 heteroatoms. The number of aromatic nitrogens is 1. The van der Waals surface area contributed by atoms with E-state index in [2.05, 4.69) is 15.0 Å². The number of carbonyl (C=O) groups is 1. The van der Waals surface area contributed by atoms with Crippen molar-refractivity contribution in [2.45, 2.75) is 19.4 Å². The van der Waals surface area contributed by atoms with E-state index in [1.54, 1.807) is 42.7 Å². The van der Waals surface area contributed by atoms with E-state index in [0.717, 1.165) is 5.56 Å². The van der Waals surface area contributed by atoms with Crippen LogP contribution < -0.4 is 14.8 Å². The monoisotopic (exact) mass is 446 g/mol. The Balaban J connectivity index is 1.61. The summed E-state index contributed by atoms with van der Waals surface area (Å²) in [5, 5.41) is 2.77. The van der Waals surface area contributed by atoms with Gasteiger partial charge in [0.2, 0.25) is 0 Å². The summed E-state index contributed by atoms with van der Waals surface area (Å²) in [5.41, 5.74) is 2.30. The number of ether oxygens (including phenoxy) is 3.